The number of halogens is 1. The fraction of sp³-hybridized carbons (Fsp3) is 0.545. The Hall–Kier alpha value is -0.800. The first-order valence-corrected chi connectivity index (χ1v) is 5.83. The molecule has 80 valence electrons. The van der Waals surface area contributed by atoms with Gasteiger partial charge in [0, 0.05) is 31.4 Å². The van der Waals surface area contributed by atoms with Gasteiger partial charge in [-0.15, -0.1) is 0 Å². The first-order valence-electron chi connectivity index (χ1n) is 5.46. The number of pyridine rings is 1. The van der Waals surface area contributed by atoms with Crippen molar-refractivity contribution in [1.82, 2.24) is 10.3 Å². The summed E-state index contributed by atoms with van der Waals surface area (Å²) in [6, 6.07) is 4.97. The molecule has 2 fully saturated rings. The number of nitrogens with zero attached hydrogens (tertiary/aromatic N) is 2. The van der Waals surface area contributed by atoms with Gasteiger partial charge in [0.15, 0.2) is 0 Å². The van der Waals surface area contributed by atoms with Gasteiger partial charge in [0.05, 0.1) is 5.02 Å². The minimum Gasteiger partial charge on any atom is -0.347 e. The van der Waals surface area contributed by atoms with E-state index < -0.39 is 0 Å². The first kappa shape index (κ1) is 9.43. The van der Waals surface area contributed by atoms with Crippen LogP contribution in [0.5, 0.6) is 0 Å². The Morgan fingerprint density at radius 1 is 1.33 bits per heavy atom. The molecule has 3 heterocycles. The van der Waals surface area contributed by atoms with Gasteiger partial charge in [-0.1, -0.05) is 11.6 Å². The second kappa shape index (κ2) is 3.65. The third-order valence-electron chi connectivity index (χ3n) is 3.36. The molecule has 2 bridgehead atoms. The molecule has 1 aromatic heterocycles. The number of nitrogens with one attached hydrogen (secondary N) is 1. The lowest BCUT2D eigenvalue weighted by Crippen LogP contribution is -2.52. The normalized spacial score (nSPS) is 29.5. The molecular weight excluding hydrogens is 210 g/mol. The highest BCUT2D eigenvalue weighted by Gasteiger charge is 2.37. The zero-order chi connectivity index (χ0) is 10.3. The summed E-state index contributed by atoms with van der Waals surface area (Å²) in [5.41, 5.74) is 0. The topological polar surface area (TPSA) is 28.2 Å². The van der Waals surface area contributed by atoms with Crippen molar-refractivity contribution in [2.45, 2.75) is 24.9 Å². The van der Waals surface area contributed by atoms with Gasteiger partial charge in [-0.05, 0) is 25.0 Å². The van der Waals surface area contributed by atoms with Crippen LogP contribution < -0.4 is 10.2 Å². The summed E-state index contributed by atoms with van der Waals surface area (Å²) < 4.78 is 0. The van der Waals surface area contributed by atoms with Gasteiger partial charge in [0.1, 0.15) is 5.82 Å². The van der Waals surface area contributed by atoms with Crippen LogP contribution in [0.2, 0.25) is 5.02 Å². The zero-order valence-electron chi connectivity index (χ0n) is 8.49. The molecule has 1 aromatic rings. The van der Waals surface area contributed by atoms with E-state index in [4.69, 9.17) is 11.6 Å². The van der Waals surface area contributed by atoms with E-state index in [9.17, 15) is 0 Å². The van der Waals surface area contributed by atoms with Crippen LogP contribution >= 0.6 is 11.6 Å². The molecule has 3 nitrogen and oxygen atoms in total. The van der Waals surface area contributed by atoms with Crippen molar-refractivity contribution in [2.24, 2.45) is 0 Å². The largest absolute Gasteiger partial charge is 0.347 e. The molecule has 2 aliphatic rings. The molecule has 2 aliphatic heterocycles. The molecule has 0 aromatic carbocycles. The predicted octanol–water partition coefficient (Wildman–Crippen LogP) is 1.68. The molecule has 15 heavy (non-hydrogen) atoms. The number of hydrogen-bond donors (Lipinski definition) is 1. The van der Waals surface area contributed by atoms with E-state index in [0.717, 1.165) is 23.9 Å². The lowest BCUT2D eigenvalue weighted by atomic mass is 10.2. The Morgan fingerprint density at radius 2 is 2.07 bits per heavy atom. The Kier molecular flexibility index (Phi) is 2.29. The summed E-state index contributed by atoms with van der Waals surface area (Å²) in [5, 5.41) is 4.23. The molecule has 1 N–H and O–H groups in total. The Labute approximate surface area is 94.4 Å². The maximum Gasteiger partial charge on any atom is 0.147 e. The van der Waals surface area contributed by atoms with Crippen LogP contribution in [0, 0.1) is 0 Å². The van der Waals surface area contributed by atoms with E-state index in [1.807, 2.05) is 18.3 Å². The second-order valence-electron chi connectivity index (χ2n) is 4.26. The van der Waals surface area contributed by atoms with Crippen LogP contribution in [0.4, 0.5) is 5.82 Å². The van der Waals surface area contributed by atoms with E-state index in [0.29, 0.717) is 12.1 Å². The number of hydrogen-bond acceptors (Lipinski definition) is 3. The quantitative estimate of drug-likeness (QED) is 0.785. The SMILES string of the molecule is Clc1cccnc1N1C2CCC1CNC2. The van der Waals surface area contributed by atoms with Gasteiger partial charge in [0.2, 0.25) is 0 Å². The van der Waals surface area contributed by atoms with Crippen molar-refractivity contribution in [3.05, 3.63) is 23.4 Å². The molecule has 4 heteroatoms. The van der Waals surface area contributed by atoms with Gasteiger partial charge < -0.3 is 10.2 Å². The van der Waals surface area contributed by atoms with E-state index in [1.165, 1.54) is 12.8 Å². The summed E-state index contributed by atoms with van der Waals surface area (Å²) in [6.45, 7) is 2.12. The molecule has 3 rings (SSSR count). The highest BCUT2D eigenvalue weighted by Crippen LogP contribution is 2.34. The molecule has 2 unspecified atom stereocenters. The molecular formula is C11H14ClN3. The summed E-state index contributed by atoms with van der Waals surface area (Å²) in [7, 11) is 0. The summed E-state index contributed by atoms with van der Waals surface area (Å²) >= 11 is 6.19. The Morgan fingerprint density at radius 3 is 2.73 bits per heavy atom. The molecule has 0 saturated carbocycles. The predicted molar refractivity (Wildman–Crippen MR) is 61.4 cm³/mol. The number of anilines is 1. The minimum atomic E-state index is 0.580. The average molecular weight is 224 g/mol. The van der Waals surface area contributed by atoms with Crippen LogP contribution in [0.3, 0.4) is 0 Å². The van der Waals surface area contributed by atoms with Crippen molar-refractivity contribution in [1.29, 1.82) is 0 Å². The molecule has 2 atom stereocenters. The first-order chi connectivity index (χ1) is 7.36. The van der Waals surface area contributed by atoms with Crippen molar-refractivity contribution in [3.63, 3.8) is 0 Å². The highest BCUT2D eigenvalue weighted by molar-refractivity contribution is 6.32. The van der Waals surface area contributed by atoms with E-state index in [2.05, 4.69) is 15.2 Å². The number of aromatic nitrogens is 1. The van der Waals surface area contributed by atoms with Crippen molar-refractivity contribution in [2.75, 3.05) is 18.0 Å². The molecule has 0 spiro atoms. The number of rotatable bonds is 1. The van der Waals surface area contributed by atoms with Crippen LogP contribution in [-0.4, -0.2) is 30.2 Å². The van der Waals surface area contributed by atoms with E-state index in [-0.39, 0.29) is 0 Å². The number of fused-ring (bicyclic) bond motifs is 2. The smallest absolute Gasteiger partial charge is 0.147 e. The molecule has 0 amide bonds. The monoisotopic (exact) mass is 223 g/mol. The Bertz CT molecular complexity index is 353. The van der Waals surface area contributed by atoms with E-state index in [1.54, 1.807) is 0 Å². The van der Waals surface area contributed by atoms with Crippen molar-refractivity contribution >= 4 is 17.4 Å². The third kappa shape index (κ3) is 1.50. The van der Waals surface area contributed by atoms with Gasteiger partial charge in [0.25, 0.3) is 0 Å². The van der Waals surface area contributed by atoms with Gasteiger partial charge in [-0.2, -0.15) is 0 Å². The summed E-state index contributed by atoms with van der Waals surface area (Å²) in [4.78, 5) is 6.81. The van der Waals surface area contributed by atoms with Crippen molar-refractivity contribution < 1.29 is 0 Å². The average Bonchev–Trinajstić information content (AvgIpc) is 2.50. The molecule has 2 saturated heterocycles. The maximum absolute atomic E-state index is 6.19. The Balaban J connectivity index is 1.97. The summed E-state index contributed by atoms with van der Waals surface area (Å²) in [5.74, 6) is 0.966. The third-order valence-corrected chi connectivity index (χ3v) is 3.66. The standard InChI is InChI=1S/C11H14ClN3/c12-10-2-1-5-14-11(10)15-8-3-4-9(15)7-13-6-8/h1-2,5,8-9,13H,3-4,6-7H2. The second-order valence-corrected chi connectivity index (χ2v) is 4.67. The van der Waals surface area contributed by atoms with Crippen LogP contribution in [0.15, 0.2) is 18.3 Å². The van der Waals surface area contributed by atoms with Crippen LogP contribution in [0.1, 0.15) is 12.8 Å². The highest BCUT2D eigenvalue weighted by atomic mass is 35.5. The van der Waals surface area contributed by atoms with Crippen LogP contribution in [-0.2, 0) is 0 Å². The lowest BCUT2D eigenvalue weighted by Gasteiger charge is -2.36. The lowest BCUT2D eigenvalue weighted by molar-refractivity contribution is 0.481. The maximum atomic E-state index is 6.19. The van der Waals surface area contributed by atoms with Crippen LogP contribution in [0.25, 0.3) is 0 Å². The number of piperazine rings is 1. The molecule has 0 aliphatic carbocycles. The molecule has 0 radical (unpaired) electrons. The summed E-state index contributed by atoms with van der Waals surface area (Å²) in [6.07, 6.45) is 4.33. The fourth-order valence-electron chi connectivity index (χ4n) is 2.69. The van der Waals surface area contributed by atoms with Gasteiger partial charge in [-0.3, -0.25) is 0 Å². The van der Waals surface area contributed by atoms with Gasteiger partial charge in [-0.25, -0.2) is 4.98 Å². The van der Waals surface area contributed by atoms with Gasteiger partial charge >= 0.3 is 0 Å². The van der Waals surface area contributed by atoms with E-state index >= 15 is 0 Å². The minimum absolute atomic E-state index is 0.580. The van der Waals surface area contributed by atoms with Crippen molar-refractivity contribution in [3.8, 4) is 0 Å². The fourth-order valence-corrected chi connectivity index (χ4v) is 2.91. The zero-order valence-corrected chi connectivity index (χ0v) is 9.24.